The van der Waals surface area contributed by atoms with Crippen molar-refractivity contribution in [3.8, 4) is 0 Å². The lowest BCUT2D eigenvalue weighted by Crippen LogP contribution is -2.70. The topological polar surface area (TPSA) is 128 Å². The monoisotopic (exact) mass is 520 g/mol. The van der Waals surface area contributed by atoms with Crippen LogP contribution in [-0.2, 0) is 30.4 Å². The summed E-state index contributed by atoms with van der Waals surface area (Å²) in [4.78, 5) is 37.9. The largest absolute Gasteiger partial charge is 0.510 e. The summed E-state index contributed by atoms with van der Waals surface area (Å²) in [5.41, 5.74) is 0.300. The van der Waals surface area contributed by atoms with Crippen LogP contribution >= 0.6 is 0 Å². The molecule has 2 aliphatic heterocycles. The zero-order valence-corrected chi connectivity index (χ0v) is 21.9. The molecule has 0 aliphatic carbocycles. The van der Waals surface area contributed by atoms with Crippen LogP contribution in [0.3, 0.4) is 0 Å². The number of amides is 1. The molecule has 1 amide bonds. The van der Waals surface area contributed by atoms with Crippen LogP contribution in [0.15, 0.2) is 35.7 Å². The van der Waals surface area contributed by atoms with E-state index in [-0.39, 0.29) is 61.6 Å². The number of nitro benzene ring substituents is 1. The number of non-ortho nitro benzene ring substituents is 1. The summed E-state index contributed by atoms with van der Waals surface area (Å²) >= 11 is 0. The van der Waals surface area contributed by atoms with E-state index in [1.807, 2.05) is 20.8 Å². The number of aliphatic hydroxyl groups excluding tert-OH is 1. The third-order valence-electron chi connectivity index (χ3n) is 7.45. The molecule has 204 valence electrons. The maximum Gasteiger partial charge on any atom is 0.359 e. The number of carbonyl (C=O) groups excluding carboxylic acids is 2. The van der Waals surface area contributed by atoms with E-state index < -0.39 is 10.9 Å². The lowest BCUT2D eigenvalue weighted by molar-refractivity contribution is -0.958. The molecule has 2 heterocycles. The smallest absolute Gasteiger partial charge is 0.359 e. The quantitative estimate of drug-likeness (QED) is 0.0792. The van der Waals surface area contributed by atoms with Gasteiger partial charge in [0.05, 0.1) is 31.2 Å². The van der Waals surface area contributed by atoms with Gasteiger partial charge < -0.3 is 23.8 Å². The molecule has 0 saturated carbocycles. The van der Waals surface area contributed by atoms with Gasteiger partial charge in [-0.05, 0) is 57.7 Å². The third kappa shape index (κ3) is 6.65. The minimum absolute atomic E-state index is 0.0166. The molecule has 37 heavy (non-hydrogen) atoms. The molecule has 3 rings (SSSR count). The molecule has 2 saturated heterocycles. The molecular formula is C26H38N3O8+. The molecule has 0 aromatic heterocycles. The molecule has 2 unspecified atom stereocenters. The van der Waals surface area contributed by atoms with Gasteiger partial charge in [-0.25, -0.2) is 4.79 Å². The summed E-state index contributed by atoms with van der Waals surface area (Å²) in [5.74, 6) is -1.36. The van der Waals surface area contributed by atoms with Crippen molar-refractivity contribution in [2.75, 3.05) is 32.8 Å². The van der Waals surface area contributed by atoms with Crippen molar-refractivity contribution < 1.29 is 38.3 Å². The van der Waals surface area contributed by atoms with Crippen molar-refractivity contribution in [3.63, 3.8) is 0 Å². The van der Waals surface area contributed by atoms with Crippen LogP contribution in [0.25, 0.3) is 0 Å². The lowest BCUT2D eigenvalue weighted by atomic mass is 10.0. The first-order chi connectivity index (χ1) is 17.8. The number of carbonyl (C=O) groups is 2. The second-order valence-corrected chi connectivity index (χ2v) is 9.33. The van der Waals surface area contributed by atoms with Crippen molar-refractivity contribution in [1.82, 2.24) is 4.90 Å². The van der Waals surface area contributed by atoms with E-state index >= 15 is 0 Å². The van der Waals surface area contributed by atoms with E-state index in [2.05, 4.69) is 0 Å². The first-order valence-corrected chi connectivity index (χ1v) is 13.0. The van der Waals surface area contributed by atoms with Gasteiger partial charge in [0.15, 0.2) is 18.2 Å². The number of likely N-dealkylation sites (tertiary alicyclic amines) is 1. The van der Waals surface area contributed by atoms with E-state index in [4.69, 9.17) is 14.2 Å². The number of hydrogen-bond donors (Lipinski definition) is 1. The number of aliphatic hydroxyl groups is 1. The van der Waals surface area contributed by atoms with Gasteiger partial charge in [-0.3, -0.25) is 19.8 Å². The highest BCUT2D eigenvalue weighted by molar-refractivity contribution is 5.97. The third-order valence-corrected chi connectivity index (χ3v) is 7.45. The molecule has 2 atom stereocenters. The SMILES string of the molecule is CC[N+](CC)(CC)C1CC(=O)N1/C(C(=O)OCc1ccc([N+](=O)[O-])cc1)=C(\O)CCOC1CCCCO1. The molecule has 11 heteroatoms. The fraction of sp³-hybridized carbons (Fsp3) is 0.615. The molecule has 11 nitrogen and oxygen atoms in total. The van der Waals surface area contributed by atoms with Crippen LogP contribution < -0.4 is 0 Å². The Morgan fingerprint density at radius 2 is 1.86 bits per heavy atom. The average molecular weight is 521 g/mol. The Labute approximate surface area is 217 Å². The summed E-state index contributed by atoms with van der Waals surface area (Å²) in [6.07, 6.45) is 2.41. The van der Waals surface area contributed by atoms with Gasteiger partial charge in [-0.2, -0.15) is 0 Å². The van der Waals surface area contributed by atoms with E-state index in [1.165, 1.54) is 29.2 Å². The summed E-state index contributed by atoms with van der Waals surface area (Å²) in [6, 6.07) is 5.65. The molecule has 1 N–H and O–H groups in total. The Morgan fingerprint density at radius 1 is 1.19 bits per heavy atom. The molecular weight excluding hydrogens is 482 g/mol. The van der Waals surface area contributed by atoms with E-state index in [0.717, 1.165) is 38.9 Å². The minimum atomic E-state index is -0.829. The number of nitrogens with zero attached hydrogens (tertiary/aromatic N) is 3. The number of benzene rings is 1. The Morgan fingerprint density at radius 3 is 2.41 bits per heavy atom. The van der Waals surface area contributed by atoms with Gasteiger partial charge >= 0.3 is 5.97 Å². The molecule has 1 aromatic carbocycles. The molecule has 2 aliphatic rings. The molecule has 0 bridgehead atoms. The van der Waals surface area contributed by atoms with Crippen LogP contribution in [-0.4, -0.2) is 76.6 Å². The predicted octanol–water partition coefficient (Wildman–Crippen LogP) is 3.78. The maximum absolute atomic E-state index is 13.3. The highest BCUT2D eigenvalue weighted by atomic mass is 16.7. The molecule has 2 fully saturated rings. The first-order valence-electron chi connectivity index (χ1n) is 13.0. The van der Waals surface area contributed by atoms with Crippen LogP contribution in [0.4, 0.5) is 5.69 Å². The summed E-state index contributed by atoms with van der Waals surface area (Å²) in [7, 11) is 0. The average Bonchev–Trinajstić information content (AvgIpc) is 2.91. The maximum atomic E-state index is 13.3. The van der Waals surface area contributed by atoms with Crippen LogP contribution in [0.5, 0.6) is 0 Å². The summed E-state index contributed by atoms with van der Waals surface area (Å²) < 4.78 is 17.4. The highest BCUT2D eigenvalue weighted by Gasteiger charge is 2.52. The normalized spacial score (nSPS) is 20.7. The number of β-lactam (4-membered cyclic amide) rings is 1. The van der Waals surface area contributed by atoms with E-state index in [1.54, 1.807) is 0 Å². The summed E-state index contributed by atoms with van der Waals surface area (Å²) in [6.45, 7) is 8.99. The Balaban J connectivity index is 1.80. The second kappa shape index (κ2) is 13.0. The number of quaternary nitrogens is 1. The van der Waals surface area contributed by atoms with Gasteiger partial charge in [0, 0.05) is 25.2 Å². The van der Waals surface area contributed by atoms with Crippen molar-refractivity contribution in [1.29, 1.82) is 0 Å². The van der Waals surface area contributed by atoms with Crippen LogP contribution in [0.1, 0.15) is 58.4 Å². The highest BCUT2D eigenvalue weighted by Crippen LogP contribution is 2.35. The first kappa shape index (κ1) is 28.5. The van der Waals surface area contributed by atoms with Gasteiger partial charge in [-0.15, -0.1) is 0 Å². The zero-order chi connectivity index (χ0) is 27.0. The molecule has 0 radical (unpaired) electrons. The number of hydrogen-bond acceptors (Lipinski definition) is 8. The zero-order valence-electron chi connectivity index (χ0n) is 21.9. The van der Waals surface area contributed by atoms with Crippen molar-refractivity contribution in [2.45, 2.75) is 71.9 Å². The molecule has 1 aromatic rings. The van der Waals surface area contributed by atoms with Gasteiger partial charge in [-0.1, -0.05) is 0 Å². The number of rotatable bonds is 13. The fourth-order valence-electron chi connectivity index (χ4n) is 4.95. The van der Waals surface area contributed by atoms with Gasteiger partial charge in [0.2, 0.25) is 5.91 Å². The van der Waals surface area contributed by atoms with E-state index in [0.29, 0.717) is 16.7 Å². The van der Waals surface area contributed by atoms with Crippen LogP contribution in [0, 0.1) is 10.1 Å². The van der Waals surface area contributed by atoms with Crippen molar-refractivity contribution in [3.05, 3.63) is 51.4 Å². The second-order valence-electron chi connectivity index (χ2n) is 9.33. The number of nitro groups is 1. The standard InChI is InChI=1S/C26H37N3O8/c1-4-29(5-2,6-3)22-17-23(31)27(22)25(21(30)14-16-36-24-9-7-8-15-35-24)26(32)37-18-19-10-12-20(13-11-19)28(33)34/h10-13,22,24H,4-9,14-18H2,1-3H3/p+1. The van der Waals surface area contributed by atoms with Crippen molar-refractivity contribution in [2.24, 2.45) is 0 Å². The van der Waals surface area contributed by atoms with Crippen molar-refractivity contribution >= 4 is 17.6 Å². The Kier molecular flexibility index (Phi) is 10.0. The van der Waals surface area contributed by atoms with E-state index in [9.17, 15) is 24.8 Å². The van der Waals surface area contributed by atoms with Crippen LogP contribution in [0.2, 0.25) is 0 Å². The van der Waals surface area contributed by atoms with Gasteiger partial charge in [0.25, 0.3) is 5.69 Å². The van der Waals surface area contributed by atoms with Gasteiger partial charge in [0.1, 0.15) is 18.8 Å². The predicted molar refractivity (Wildman–Crippen MR) is 134 cm³/mol. The lowest BCUT2D eigenvalue weighted by Gasteiger charge is -2.52. The summed E-state index contributed by atoms with van der Waals surface area (Å²) in [5, 5.41) is 21.9. The Hall–Kier alpha value is -3.02. The Bertz CT molecular complexity index is 976. The minimum Gasteiger partial charge on any atom is -0.510 e. The number of esters is 1. The molecule has 0 spiro atoms. The number of ether oxygens (including phenoxy) is 3. The fourth-order valence-corrected chi connectivity index (χ4v) is 4.95.